The Morgan fingerprint density at radius 1 is 1.45 bits per heavy atom. The van der Waals surface area contributed by atoms with Crippen LogP contribution in [0.2, 0.25) is 0 Å². The van der Waals surface area contributed by atoms with E-state index in [9.17, 15) is 9.90 Å². The molecule has 1 amide bonds. The molecule has 2 aromatic rings. The van der Waals surface area contributed by atoms with E-state index in [0.29, 0.717) is 23.9 Å². The minimum Gasteiger partial charge on any atom is -0.461 e. The van der Waals surface area contributed by atoms with Crippen LogP contribution in [-0.4, -0.2) is 28.8 Å². The maximum Gasteiger partial charge on any atom is 0.273 e. The van der Waals surface area contributed by atoms with Crippen molar-refractivity contribution < 1.29 is 18.8 Å². The summed E-state index contributed by atoms with van der Waals surface area (Å²) in [4.78, 5) is 12.0. The lowest BCUT2D eigenvalue weighted by atomic mass is 10.0. The number of aliphatic hydroxyl groups excluding tert-OH is 1. The van der Waals surface area contributed by atoms with Crippen LogP contribution in [-0.2, 0) is 0 Å². The molecule has 6 heteroatoms. The second-order valence-electron chi connectivity index (χ2n) is 5.04. The Morgan fingerprint density at radius 2 is 2.25 bits per heavy atom. The van der Waals surface area contributed by atoms with Crippen molar-refractivity contribution in [2.24, 2.45) is 5.92 Å². The summed E-state index contributed by atoms with van der Waals surface area (Å²) in [7, 11) is 0. The van der Waals surface area contributed by atoms with Crippen molar-refractivity contribution in [1.82, 2.24) is 10.5 Å². The van der Waals surface area contributed by atoms with Crippen LogP contribution >= 0.6 is 0 Å². The zero-order valence-corrected chi connectivity index (χ0v) is 11.5. The summed E-state index contributed by atoms with van der Waals surface area (Å²) in [6.07, 6.45) is 2.22. The summed E-state index contributed by atoms with van der Waals surface area (Å²) in [5.74, 6) is 0.914. The van der Waals surface area contributed by atoms with E-state index in [4.69, 9.17) is 8.94 Å². The van der Waals surface area contributed by atoms with Gasteiger partial charge >= 0.3 is 0 Å². The molecule has 0 radical (unpaired) electrons. The summed E-state index contributed by atoms with van der Waals surface area (Å²) >= 11 is 0. The minimum atomic E-state index is -0.369. The third kappa shape index (κ3) is 3.48. The van der Waals surface area contributed by atoms with Crippen LogP contribution in [0.5, 0.6) is 0 Å². The molecule has 0 fully saturated rings. The van der Waals surface area contributed by atoms with E-state index in [1.165, 1.54) is 12.3 Å². The molecule has 0 spiro atoms. The highest BCUT2D eigenvalue weighted by atomic mass is 16.5. The Balaban J connectivity index is 2.02. The highest BCUT2D eigenvalue weighted by Gasteiger charge is 2.18. The summed E-state index contributed by atoms with van der Waals surface area (Å²) in [5, 5.41) is 15.7. The van der Waals surface area contributed by atoms with E-state index < -0.39 is 0 Å². The molecule has 0 aliphatic heterocycles. The molecule has 0 bridgehead atoms. The largest absolute Gasteiger partial charge is 0.461 e. The van der Waals surface area contributed by atoms with Gasteiger partial charge in [-0.05, 0) is 24.5 Å². The van der Waals surface area contributed by atoms with Crippen molar-refractivity contribution in [3.05, 3.63) is 30.2 Å². The maximum absolute atomic E-state index is 12.0. The normalized spacial score (nSPS) is 12.6. The van der Waals surface area contributed by atoms with Gasteiger partial charge in [-0.25, -0.2) is 0 Å². The minimum absolute atomic E-state index is 0.104. The fraction of sp³-hybridized carbons (Fsp3) is 0.429. The number of nitrogens with zero attached hydrogens (tertiary/aromatic N) is 1. The molecular formula is C14H18N2O4. The van der Waals surface area contributed by atoms with Crippen molar-refractivity contribution in [1.29, 1.82) is 0 Å². The number of carbonyl (C=O) groups excluding carboxylic acids is 1. The predicted molar refractivity (Wildman–Crippen MR) is 72.0 cm³/mol. The molecule has 0 saturated heterocycles. The molecule has 0 saturated carbocycles. The Bertz CT molecular complexity index is 545. The van der Waals surface area contributed by atoms with Crippen LogP contribution in [0.15, 0.2) is 33.4 Å². The van der Waals surface area contributed by atoms with Gasteiger partial charge in [-0.3, -0.25) is 4.79 Å². The SMILES string of the molecule is CC(C)CC(CO)NC(=O)c1cc(-c2ccco2)on1. The second-order valence-corrected chi connectivity index (χ2v) is 5.04. The van der Waals surface area contributed by atoms with E-state index in [1.807, 2.05) is 13.8 Å². The van der Waals surface area contributed by atoms with Crippen molar-refractivity contribution >= 4 is 5.91 Å². The van der Waals surface area contributed by atoms with Crippen molar-refractivity contribution in [3.8, 4) is 11.5 Å². The van der Waals surface area contributed by atoms with E-state index in [2.05, 4.69) is 10.5 Å². The fourth-order valence-corrected chi connectivity index (χ4v) is 1.92. The number of carbonyl (C=O) groups is 1. The highest BCUT2D eigenvalue weighted by molar-refractivity contribution is 5.93. The Labute approximate surface area is 116 Å². The average Bonchev–Trinajstić information content (AvgIpc) is 3.07. The molecule has 0 aliphatic carbocycles. The van der Waals surface area contributed by atoms with Crippen molar-refractivity contribution in [2.45, 2.75) is 26.3 Å². The third-order valence-corrected chi connectivity index (χ3v) is 2.82. The smallest absolute Gasteiger partial charge is 0.273 e. The van der Waals surface area contributed by atoms with Gasteiger partial charge in [-0.15, -0.1) is 0 Å². The Kier molecular flexibility index (Phi) is 4.57. The first-order valence-corrected chi connectivity index (χ1v) is 6.52. The topological polar surface area (TPSA) is 88.5 Å². The Hall–Kier alpha value is -2.08. The molecule has 0 aliphatic rings. The Morgan fingerprint density at radius 3 is 2.85 bits per heavy atom. The first kappa shape index (κ1) is 14.3. The molecule has 1 atom stereocenters. The zero-order chi connectivity index (χ0) is 14.5. The number of nitrogens with one attached hydrogen (secondary N) is 1. The van der Waals surface area contributed by atoms with Gasteiger partial charge in [-0.2, -0.15) is 0 Å². The van der Waals surface area contributed by atoms with Gasteiger partial charge in [0.05, 0.1) is 18.9 Å². The standard InChI is InChI=1S/C14H18N2O4/c1-9(2)6-10(8-17)15-14(18)11-7-13(20-16-11)12-4-3-5-19-12/h3-5,7,9-10,17H,6,8H2,1-2H3,(H,15,18). The highest BCUT2D eigenvalue weighted by Crippen LogP contribution is 2.20. The van der Waals surface area contributed by atoms with E-state index in [0.717, 1.165) is 0 Å². The second kappa shape index (κ2) is 6.38. The third-order valence-electron chi connectivity index (χ3n) is 2.82. The molecule has 2 N–H and O–H groups in total. The molecule has 2 heterocycles. The number of furan rings is 1. The quantitative estimate of drug-likeness (QED) is 0.844. The van der Waals surface area contributed by atoms with Crippen LogP contribution in [0.3, 0.4) is 0 Å². The lowest BCUT2D eigenvalue weighted by Gasteiger charge is -2.17. The zero-order valence-electron chi connectivity index (χ0n) is 11.5. The first-order valence-electron chi connectivity index (χ1n) is 6.52. The number of aromatic nitrogens is 1. The number of hydrogen-bond acceptors (Lipinski definition) is 5. The predicted octanol–water partition coefficient (Wildman–Crippen LogP) is 2.07. The van der Waals surface area contributed by atoms with Gasteiger partial charge in [0.2, 0.25) is 5.76 Å². The van der Waals surface area contributed by atoms with Gasteiger partial charge in [0.15, 0.2) is 11.5 Å². The van der Waals surface area contributed by atoms with Gasteiger partial charge in [0.25, 0.3) is 5.91 Å². The molecular weight excluding hydrogens is 260 g/mol. The number of aliphatic hydroxyl groups is 1. The lowest BCUT2D eigenvalue weighted by Crippen LogP contribution is -2.38. The summed E-state index contributed by atoms with van der Waals surface area (Å²) in [5.41, 5.74) is 0.165. The monoisotopic (exact) mass is 278 g/mol. The average molecular weight is 278 g/mol. The van der Waals surface area contributed by atoms with Gasteiger partial charge < -0.3 is 19.4 Å². The maximum atomic E-state index is 12.0. The molecule has 1 unspecified atom stereocenters. The van der Waals surface area contributed by atoms with Crippen molar-refractivity contribution in [3.63, 3.8) is 0 Å². The van der Waals surface area contributed by atoms with Crippen LogP contribution in [0, 0.1) is 5.92 Å². The summed E-state index contributed by atoms with van der Waals surface area (Å²) in [6, 6.07) is 4.67. The van der Waals surface area contributed by atoms with E-state index in [1.54, 1.807) is 12.1 Å². The van der Waals surface area contributed by atoms with Crippen LogP contribution in [0.1, 0.15) is 30.8 Å². The van der Waals surface area contributed by atoms with Crippen LogP contribution in [0.25, 0.3) is 11.5 Å². The van der Waals surface area contributed by atoms with E-state index >= 15 is 0 Å². The molecule has 2 aromatic heterocycles. The number of rotatable bonds is 6. The van der Waals surface area contributed by atoms with Gasteiger partial charge in [0, 0.05) is 6.07 Å². The van der Waals surface area contributed by atoms with Crippen molar-refractivity contribution in [2.75, 3.05) is 6.61 Å². The van der Waals surface area contributed by atoms with Crippen LogP contribution in [0.4, 0.5) is 0 Å². The molecule has 6 nitrogen and oxygen atoms in total. The number of amides is 1. The van der Waals surface area contributed by atoms with Crippen LogP contribution < -0.4 is 5.32 Å². The summed E-state index contributed by atoms with van der Waals surface area (Å²) in [6.45, 7) is 3.95. The van der Waals surface area contributed by atoms with E-state index in [-0.39, 0.29) is 24.2 Å². The lowest BCUT2D eigenvalue weighted by molar-refractivity contribution is 0.0899. The van der Waals surface area contributed by atoms with Gasteiger partial charge in [-0.1, -0.05) is 19.0 Å². The summed E-state index contributed by atoms with van der Waals surface area (Å²) < 4.78 is 10.2. The first-order chi connectivity index (χ1) is 9.60. The molecule has 2 rings (SSSR count). The molecule has 20 heavy (non-hydrogen) atoms. The molecule has 0 aromatic carbocycles. The fourth-order valence-electron chi connectivity index (χ4n) is 1.92. The van der Waals surface area contributed by atoms with Gasteiger partial charge in [0.1, 0.15) is 0 Å². The molecule has 108 valence electrons. The number of hydrogen-bond donors (Lipinski definition) is 2.